The van der Waals surface area contributed by atoms with Gasteiger partial charge in [-0.2, -0.15) is 17.4 Å². The summed E-state index contributed by atoms with van der Waals surface area (Å²) in [5.41, 5.74) is 0. The SMILES string of the molecule is CC1CCC(NS(=O)(=O)N(C)CCC(=O)O)C1. The van der Waals surface area contributed by atoms with Crippen molar-refractivity contribution in [1.82, 2.24) is 9.03 Å². The maximum absolute atomic E-state index is 11.8. The second-order valence-electron chi connectivity index (χ2n) is 4.70. The van der Waals surface area contributed by atoms with Gasteiger partial charge in [0.15, 0.2) is 0 Å². The molecule has 17 heavy (non-hydrogen) atoms. The number of carbonyl (C=O) groups is 1. The van der Waals surface area contributed by atoms with E-state index in [0.29, 0.717) is 5.92 Å². The molecule has 0 spiro atoms. The molecule has 2 atom stereocenters. The lowest BCUT2D eigenvalue weighted by Gasteiger charge is -2.20. The molecular formula is C10H20N2O4S. The van der Waals surface area contributed by atoms with Crippen molar-refractivity contribution >= 4 is 16.2 Å². The molecule has 6 nitrogen and oxygen atoms in total. The summed E-state index contributed by atoms with van der Waals surface area (Å²) in [4.78, 5) is 10.4. The fourth-order valence-electron chi connectivity index (χ4n) is 1.99. The van der Waals surface area contributed by atoms with Crippen molar-refractivity contribution in [2.24, 2.45) is 5.92 Å². The van der Waals surface area contributed by atoms with Crippen molar-refractivity contribution < 1.29 is 18.3 Å². The number of carboxylic acid groups (broad SMARTS) is 1. The lowest BCUT2D eigenvalue weighted by Crippen LogP contribution is -2.43. The molecule has 0 heterocycles. The van der Waals surface area contributed by atoms with Gasteiger partial charge in [0.1, 0.15) is 0 Å². The Morgan fingerprint density at radius 1 is 1.47 bits per heavy atom. The third kappa shape index (κ3) is 4.61. The Kier molecular flexibility index (Phi) is 4.91. The van der Waals surface area contributed by atoms with E-state index in [-0.39, 0.29) is 19.0 Å². The van der Waals surface area contributed by atoms with E-state index in [0.717, 1.165) is 23.6 Å². The molecule has 0 saturated heterocycles. The first kappa shape index (κ1) is 14.4. The lowest BCUT2D eigenvalue weighted by molar-refractivity contribution is -0.137. The monoisotopic (exact) mass is 264 g/mol. The Balaban J connectivity index is 2.47. The van der Waals surface area contributed by atoms with Gasteiger partial charge in [-0.25, -0.2) is 0 Å². The van der Waals surface area contributed by atoms with Crippen LogP contribution in [-0.4, -0.2) is 43.4 Å². The van der Waals surface area contributed by atoms with E-state index in [1.807, 2.05) is 0 Å². The standard InChI is InChI=1S/C10H20N2O4S/c1-8-3-4-9(7-8)11-17(15,16)12(2)6-5-10(13)14/h8-9,11H,3-7H2,1-2H3,(H,13,14). The molecule has 2 N–H and O–H groups in total. The molecule has 0 aliphatic heterocycles. The van der Waals surface area contributed by atoms with Crippen LogP contribution < -0.4 is 4.72 Å². The Bertz CT molecular complexity index is 369. The molecule has 1 fully saturated rings. The molecule has 1 aliphatic rings. The van der Waals surface area contributed by atoms with Gasteiger partial charge in [-0.15, -0.1) is 0 Å². The van der Waals surface area contributed by atoms with Gasteiger partial charge >= 0.3 is 5.97 Å². The van der Waals surface area contributed by atoms with Crippen LogP contribution >= 0.6 is 0 Å². The van der Waals surface area contributed by atoms with Gasteiger partial charge < -0.3 is 5.11 Å². The highest BCUT2D eigenvalue weighted by molar-refractivity contribution is 7.87. The van der Waals surface area contributed by atoms with Crippen LogP contribution in [0.2, 0.25) is 0 Å². The Labute approximate surface area is 102 Å². The van der Waals surface area contributed by atoms with Crippen LogP contribution in [0.4, 0.5) is 0 Å². The molecule has 1 rings (SSSR count). The normalized spacial score (nSPS) is 25.4. The highest BCUT2D eigenvalue weighted by Crippen LogP contribution is 2.25. The van der Waals surface area contributed by atoms with E-state index in [1.165, 1.54) is 7.05 Å². The zero-order valence-corrected chi connectivity index (χ0v) is 11.0. The maximum Gasteiger partial charge on any atom is 0.304 e. The van der Waals surface area contributed by atoms with Gasteiger partial charge in [0.2, 0.25) is 0 Å². The van der Waals surface area contributed by atoms with Crippen molar-refractivity contribution in [2.75, 3.05) is 13.6 Å². The molecule has 0 amide bonds. The molecule has 100 valence electrons. The summed E-state index contributed by atoms with van der Waals surface area (Å²) in [5, 5.41) is 8.51. The minimum absolute atomic E-state index is 0.00700. The highest BCUT2D eigenvalue weighted by atomic mass is 32.2. The summed E-state index contributed by atoms with van der Waals surface area (Å²) in [6.45, 7) is 2.09. The second kappa shape index (κ2) is 5.79. The molecule has 0 aromatic carbocycles. The van der Waals surface area contributed by atoms with Crippen LogP contribution in [0.1, 0.15) is 32.6 Å². The van der Waals surface area contributed by atoms with E-state index in [4.69, 9.17) is 5.11 Å². The van der Waals surface area contributed by atoms with Crippen LogP contribution in [0.25, 0.3) is 0 Å². The number of rotatable bonds is 6. The summed E-state index contributed by atoms with van der Waals surface area (Å²) in [6, 6.07) is -0.0118. The largest absolute Gasteiger partial charge is 0.481 e. The van der Waals surface area contributed by atoms with Gasteiger partial charge in [-0.05, 0) is 25.2 Å². The van der Waals surface area contributed by atoms with E-state index in [9.17, 15) is 13.2 Å². The molecule has 0 aromatic rings. The number of aliphatic carboxylic acids is 1. The summed E-state index contributed by atoms with van der Waals surface area (Å²) in [7, 11) is -2.15. The van der Waals surface area contributed by atoms with Gasteiger partial charge in [0.05, 0.1) is 6.42 Å². The Hall–Kier alpha value is -0.660. The summed E-state index contributed by atoms with van der Waals surface area (Å²) < 4.78 is 27.3. The lowest BCUT2D eigenvalue weighted by atomic mass is 10.1. The summed E-state index contributed by atoms with van der Waals surface area (Å²) in [5.74, 6) is -0.450. The van der Waals surface area contributed by atoms with E-state index < -0.39 is 16.2 Å². The minimum Gasteiger partial charge on any atom is -0.481 e. The third-order valence-corrected chi connectivity index (χ3v) is 4.70. The van der Waals surface area contributed by atoms with Crippen molar-refractivity contribution in [3.05, 3.63) is 0 Å². The molecular weight excluding hydrogens is 244 g/mol. The molecule has 2 unspecified atom stereocenters. The van der Waals surface area contributed by atoms with Crippen LogP contribution in [-0.2, 0) is 15.0 Å². The van der Waals surface area contributed by atoms with Gasteiger partial charge in [0.25, 0.3) is 10.2 Å². The molecule has 1 aliphatic carbocycles. The zero-order valence-electron chi connectivity index (χ0n) is 10.2. The molecule has 7 heteroatoms. The molecule has 1 saturated carbocycles. The summed E-state index contributed by atoms with van der Waals surface area (Å²) >= 11 is 0. The third-order valence-electron chi connectivity index (χ3n) is 3.06. The molecule has 0 aromatic heterocycles. The first-order chi connectivity index (χ1) is 7.81. The number of carboxylic acids is 1. The molecule has 0 bridgehead atoms. The summed E-state index contributed by atoms with van der Waals surface area (Å²) in [6.07, 6.45) is 2.56. The van der Waals surface area contributed by atoms with Gasteiger partial charge in [-0.3, -0.25) is 4.79 Å². The van der Waals surface area contributed by atoms with E-state index in [2.05, 4.69) is 11.6 Å². The van der Waals surface area contributed by atoms with Crippen molar-refractivity contribution in [1.29, 1.82) is 0 Å². The topological polar surface area (TPSA) is 86.7 Å². The number of nitrogens with zero attached hydrogens (tertiary/aromatic N) is 1. The zero-order chi connectivity index (χ0) is 13.1. The highest BCUT2D eigenvalue weighted by Gasteiger charge is 2.27. The Morgan fingerprint density at radius 2 is 2.12 bits per heavy atom. The smallest absolute Gasteiger partial charge is 0.304 e. The first-order valence-corrected chi connectivity index (χ1v) is 7.20. The van der Waals surface area contributed by atoms with Crippen LogP contribution in [0.15, 0.2) is 0 Å². The molecule has 0 radical (unpaired) electrons. The fourth-order valence-corrected chi connectivity index (χ4v) is 3.13. The average Bonchev–Trinajstić information content (AvgIpc) is 2.59. The fraction of sp³-hybridized carbons (Fsp3) is 0.900. The van der Waals surface area contributed by atoms with Crippen molar-refractivity contribution in [3.8, 4) is 0 Å². The van der Waals surface area contributed by atoms with Crippen LogP contribution in [0.5, 0.6) is 0 Å². The van der Waals surface area contributed by atoms with Gasteiger partial charge in [0, 0.05) is 19.6 Å². The average molecular weight is 264 g/mol. The second-order valence-corrected chi connectivity index (χ2v) is 6.51. The van der Waals surface area contributed by atoms with E-state index in [1.54, 1.807) is 0 Å². The van der Waals surface area contributed by atoms with Crippen molar-refractivity contribution in [3.63, 3.8) is 0 Å². The first-order valence-electron chi connectivity index (χ1n) is 5.76. The maximum atomic E-state index is 11.8. The van der Waals surface area contributed by atoms with Gasteiger partial charge in [-0.1, -0.05) is 6.92 Å². The number of nitrogens with one attached hydrogen (secondary N) is 1. The number of hydrogen-bond donors (Lipinski definition) is 2. The van der Waals surface area contributed by atoms with E-state index >= 15 is 0 Å². The quantitative estimate of drug-likeness (QED) is 0.727. The van der Waals surface area contributed by atoms with Crippen molar-refractivity contribution in [2.45, 2.75) is 38.6 Å². The van der Waals surface area contributed by atoms with Crippen LogP contribution in [0.3, 0.4) is 0 Å². The predicted molar refractivity (Wildman–Crippen MR) is 63.7 cm³/mol. The Morgan fingerprint density at radius 3 is 2.59 bits per heavy atom. The predicted octanol–water partition coefficient (Wildman–Crippen LogP) is 0.416. The minimum atomic E-state index is -3.54. The number of hydrogen-bond acceptors (Lipinski definition) is 3. The van der Waals surface area contributed by atoms with Crippen LogP contribution in [0, 0.1) is 5.92 Å².